The molecule has 31 heavy (non-hydrogen) atoms. The molecule has 1 saturated heterocycles. The zero-order valence-electron chi connectivity index (χ0n) is 17.6. The van der Waals surface area contributed by atoms with E-state index < -0.39 is 24.5 Å². The fourth-order valence-corrected chi connectivity index (χ4v) is 4.20. The minimum atomic E-state index is -1.07. The molecule has 1 aliphatic heterocycles. The Bertz CT molecular complexity index is 915. The second-order valence-corrected chi connectivity index (χ2v) is 8.44. The molecule has 0 bridgehead atoms. The molecule has 9 nitrogen and oxygen atoms in total. The number of carbonyl (C=O) groups excluding carboxylic acids is 1. The van der Waals surface area contributed by atoms with Gasteiger partial charge in [-0.25, -0.2) is 15.0 Å². The van der Waals surface area contributed by atoms with Crippen LogP contribution in [0.3, 0.4) is 0 Å². The van der Waals surface area contributed by atoms with Crippen molar-refractivity contribution in [1.29, 1.82) is 0 Å². The molecule has 4 atom stereocenters. The Morgan fingerprint density at radius 2 is 2.10 bits per heavy atom. The number of nitrogens with zero attached hydrogens (tertiary/aromatic N) is 4. The average Bonchev–Trinajstić information content (AvgIpc) is 3.32. The molecule has 2 aromatic heterocycles. The first-order valence-electron chi connectivity index (χ1n) is 10.4. The number of anilines is 1. The van der Waals surface area contributed by atoms with Crippen molar-refractivity contribution in [3.8, 4) is 12.3 Å². The highest BCUT2D eigenvalue weighted by Gasteiger charge is 2.44. The van der Waals surface area contributed by atoms with E-state index in [9.17, 15) is 15.0 Å². The lowest BCUT2D eigenvalue weighted by molar-refractivity contribution is -0.119. The smallest absolute Gasteiger partial charge is 0.167 e. The molecular formula is C21H29N5O4S. The van der Waals surface area contributed by atoms with Crippen LogP contribution in [0.25, 0.3) is 11.2 Å². The lowest BCUT2D eigenvalue weighted by Gasteiger charge is -2.16. The number of hydrogen-bond donors (Lipinski definition) is 3. The van der Waals surface area contributed by atoms with E-state index in [0.717, 1.165) is 19.3 Å². The summed E-state index contributed by atoms with van der Waals surface area (Å²) in [4.78, 5) is 24.6. The number of aliphatic hydroxyl groups is 2. The van der Waals surface area contributed by atoms with Gasteiger partial charge in [0, 0.05) is 31.6 Å². The molecule has 3 heterocycles. The fourth-order valence-electron chi connectivity index (χ4n) is 3.60. The lowest BCUT2D eigenvalue weighted by atomic mass is 10.1. The van der Waals surface area contributed by atoms with Gasteiger partial charge in [0.05, 0.1) is 12.4 Å². The van der Waals surface area contributed by atoms with Gasteiger partial charge in [-0.3, -0.25) is 9.36 Å². The molecular weight excluding hydrogens is 418 g/mol. The molecule has 3 N–H and O–H groups in total. The number of terminal acetylenes is 1. The van der Waals surface area contributed by atoms with Crippen molar-refractivity contribution in [3.63, 3.8) is 0 Å². The van der Waals surface area contributed by atoms with Gasteiger partial charge in [0.2, 0.25) is 0 Å². The third-order valence-corrected chi connectivity index (χ3v) is 5.94. The van der Waals surface area contributed by atoms with Gasteiger partial charge in [-0.05, 0) is 19.1 Å². The molecule has 3 rings (SSSR count). The number of aliphatic hydroxyl groups excluding tert-OH is 2. The first-order valence-corrected chi connectivity index (χ1v) is 11.8. The summed E-state index contributed by atoms with van der Waals surface area (Å²) in [6, 6.07) is 0. The number of imidazole rings is 1. The van der Waals surface area contributed by atoms with Crippen LogP contribution in [0, 0.1) is 12.3 Å². The number of rotatable bonds is 12. The van der Waals surface area contributed by atoms with E-state index in [4.69, 9.17) is 11.2 Å². The molecule has 0 saturated carbocycles. The van der Waals surface area contributed by atoms with Crippen molar-refractivity contribution in [2.75, 3.05) is 23.9 Å². The Kier molecular flexibility index (Phi) is 8.66. The lowest BCUT2D eigenvalue weighted by Crippen LogP contribution is -2.32. The summed E-state index contributed by atoms with van der Waals surface area (Å²) in [5, 5.41) is 24.0. The van der Waals surface area contributed by atoms with Gasteiger partial charge in [0.1, 0.15) is 24.3 Å². The Labute approximate surface area is 186 Å². The standard InChI is InChI=1S/C21H29N5O4S/c1-3-4-8-14(27)9-6-5-7-10-22-19-16-20(24-12-23-19)26(13-25-16)21-18(29)17(28)15(30-21)11-31-2/h1,12-13,15,17-18,21,28-29H,4-11H2,2H3,(H,22,23,24)/t15-,17-,18-,21-/m1/s1. The molecule has 168 valence electrons. The predicted octanol–water partition coefficient (Wildman–Crippen LogP) is 1.76. The Balaban J connectivity index is 1.55. The maximum Gasteiger partial charge on any atom is 0.167 e. The first-order chi connectivity index (χ1) is 15.1. The molecule has 0 aliphatic carbocycles. The molecule has 0 spiro atoms. The number of nitrogens with one attached hydrogen (secondary N) is 1. The van der Waals surface area contributed by atoms with Crippen molar-refractivity contribution >= 4 is 34.5 Å². The summed E-state index contributed by atoms with van der Waals surface area (Å²) in [5.74, 6) is 3.89. The normalized spacial score (nSPS) is 23.2. The highest BCUT2D eigenvalue weighted by Crippen LogP contribution is 2.33. The second-order valence-electron chi connectivity index (χ2n) is 7.53. The van der Waals surface area contributed by atoms with Gasteiger partial charge < -0.3 is 20.3 Å². The van der Waals surface area contributed by atoms with Crippen LogP contribution in [0.4, 0.5) is 5.82 Å². The van der Waals surface area contributed by atoms with E-state index in [1.54, 1.807) is 22.7 Å². The van der Waals surface area contributed by atoms with E-state index in [1.165, 1.54) is 6.33 Å². The highest BCUT2D eigenvalue weighted by molar-refractivity contribution is 7.98. The Morgan fingerprint density at radius 3 is 2.87 bits per heavy atom. The van der Waals surface area contributed by atoms with Crippen LogP contribution < -0.4 is 5.32 Å². The molecule has 0 amide bonds. The highest BCUT2D eigenvalue weighted by atomic mass is 32.2. The summed E-state index contributed by atoms with van der Waals surface area (Å²) in [6.07, 6.45) is 11.0. The van der Waals surface area contributed by atoms with Gasteiger partial charge in [-0.15, -0.1) is 12.3 Å². The van der Waals surface area contributed by atoms with Crippen LogP contribution in [0.5, 0.6) is 0 Å². The van der Waals surface area contributed by atoms with Crippen LogP contribution in [0.15, 0.2) is 12.7 Å². The van der Waals surface area contributed by atoms with Gasteiger partial charge in [-0.1, -0.05) is 6.42 Å². The van der Waals surface area contributed by atoms with Crippen molar-refractivity contribution in [2.45, 2.75) is 63.1 Å². The number of unbranched alkanes of at least 4 members (excludes halogenated alkanes) is 2. The number of Topliss-reactive ketones (excluding diaryl/α,β-unsaturated/α-hetero) is 1. The van der Waals surface area contributed by atoms with E-state index in [-0.39, 0.29) is 5.78 Å². The van der Waals surface area contributed by atoms with E-state index >= 15 is 0 Å². The van der Waals surface area contributed by atoms with Crippen molar-refractivity contribution in [3.05, 3.63) is 12.7 Å². The Morgan fingerprint density at radius 1 is 1.26 bits per heavy atom. The summed E-state index contributed by atoms with van der Waals surface area (Å²) < 4.78 is 7.51. The minimum absolute atomic E-state index is 0.218. The zero-order valence-corrected chi connectivity index (χ0v) is 18.4. The molecule has 0 aromatic carbocycles. The van der Waals surface area contributed by atoms with Crippen molar-refractivity contribution in [2.24, 2.45) is 0 Å². The molecule has 10 heteroatoms. The maximum atomic E-state index is 11.6. The number of ether oxygens (including phenoxy) is 1. The maximum absolute atomic E-state index is 11.6. The zero-order chi connectivity index (χ0) is 22.2. The number of fused-ring (bicyclic) bond motifs is 1. The van der Waals surface area contributed by atoms with Crippen molar-refractivity contribution in [1.82, 2.24) is 19.5 Å². The predicted molar refractivity (Wildman–Crippen MR) is 120 cm³/mol. The molecule has 1 fully saturated rings. The number of thioether (sulfide) groups is 1. The third kappa shape index (κ3) is 5.74. The van der Waals surface area contributed by atoms with E-state index in [1.807, 2.05) is 6.26 Å². The van der Waals surface area contributed by atoms with Gasteiger partial charge >= 0.3 is 0 Å². The monoisotopic (exact) mass is 447 g/mol. The summed E-state index contributed by atoms with van der Waals surface area (Å²) >= 11 is 1.55. The second kappa shape index (κ2) is 11.4. The van der Waals surface area contributed by atoms with Gasteiger partial charge in [0.25, 0.3) is 0 Å². The van der Waals surface area contributed by atoms with Crippen LogP contribution in [-0.2, 0) is 9.53 Å². The SMILES string of the molecule is C#CCCC(=O)CCCCCNc1ncnc2c1ncn2[C@@H]1O[C@H](CSC)[C@@H](O)[C@H]1O. The minimum Gasteiger partial charge on any atom is -0.387 e. The van der Waals surface area contributed by atoms with Gasteiger partial charge in [-0.2, -0.15) is 11.8 Å². The summed E-state index contributed by atoms with van der Waals surface area (Å²) in [5.41, 5.74) is 1.10. The van der Waals surface area contributed by atoms with Crippen molar-refractivity contribution < 1.29 is 19.7 Å². The topological polar surface area (TPSA) is 122 Å². The molecule has 0 radical (unpaired) electrons. The molecule has 1 aliphatic rings. The van der Waals surface area contributed by atoms with E-state index in [0.29, 0.717) is 48.5 Å². The van der Waals surface area contributed by atoms with Crippen LogP contribution in [0.2, 0.25) is 0 Å². The van der Waals surface area contributed by atoms with E-state index in [2.05, 4.69) is 26.2 Å². The Hall–Kier alpha value is -2.19. The molecule has 2 aromatic rings. The quantitative estimate of drug-likeness (QED) is 0.330. The number of hydrogen-bond acceptors (Lipinski definition) is 9. The molecule has 0 unspecified atom stereocenters. The van der Waals surface area contributed by atoms with Crippen LogP contribution in [-0.4, -0.2) is 72.4 Å². The summed E-state index contributed by atoms with van der Waals surface area (Å²) in [6.45, 7) is 0.689. The number of carbonyl (C=O) groups is 1. The third-order valence-electron chi connectivity index (χ3n) is 5.27. The first kappa shape index (κ1) is 23.5. The summed E-state index contributed by atoms with van der Waals surface area (Å²) in [7, 11) is 0. The fraction of sp³-hybridized carbons (Fsp3) is 0.619. The number of ketones is 1. The van der Waals surface area contributed by atoms with Crippen LogP contribution in [0.1, 0.15) is 44.8 Å². The average molecular weight is 448 g/mol. The number of aromatic nitrogens is 4. The largest absolute Gasteiger partial charge is 0.387 e. The van der Waals surface area contributed by atoms with Crippen LogP contribution >= 0.6 is 11.8 Å². The van der Waals surface area contributed by atoms with Gasteiger partial charge in [0.15, 0.2) is 23.2 Å².